The normalized spacial score (nSPS) is 11.8. The molecule has 2 rings (SSSR count). The van der Waals surface area contributed by atoms with Crippen LogP contribution in [0.5, 0.6) is 11.5 Å². The van der Waals surface area contributed by atoms with Crippen molar-refractivity contribution in [3.8, 4) is 11.5 Å². The zero-order valence-electron chi connectivity index (χ0n) is 12.5. The van der Waals surface area contributed by atoms with Crippen LogP contribution >= 0.6 is 0 Å². The van der Waals surface area contributed by atoms with Crippen molar-refractivity contribution in [2.24, 2.45) is 0 Å². The summed E-state index contributed by atoms with van der Waals surface area (Å²) >= 11 is 0. The third-order valence-electron chi connectivity index (χ3n) is 3.48. The molecule has 1 unspecified atom stereocenters. The lowest BCUT2D eigenvalue weighted by Gasteiger charge is -2.13. The van der Waals surface area contributed by atoms with Gasteiger partial charge >= 0.3 is 0 Å². The minimum Gasteiger partial charge on any atom is -0.497 e. The molecule has 0 spiro atoms. The lowest BCUT2D eigenvalue weighted by Crippen LogP contribution is -2.07. The van der Waals surface area contributed by atoms with Gasteiger partial charge in [-0.25, -0.2) is 0 Å². The van der Waals surface area contributed by atoms with Crippen LogP contribution in [0, 0.1) is 0 Å². The molecule has 0 saturated carbocycles. The second-order valence-corrected chi connectivity index (χ2v) is 4.88. The number of Topliss-reactive ketones (excluding diaryl/α,β-unsaturated/α-hetero) is 1. The summed E-state index contributed by atoms with van der Waals surface area (Å²) in [7, 11) is 3.14. The molecule has 1 aromatic heterocycles. The number of ether oxygens (including phenoxy) is 2. The zero-order chi connectivity index (χ0) is 15.2. The van der Waals surface area contributed by atoms with E-state index in [-0.39, 0.29) is 11.7 Å². The fourth-order valence-corrected chi connectivity index (χ4v) is 2.23. The summed E-state index contributed by atoms with van der Waals surface area (Å²) in [4.78, 5) is 16.5. The Morgan fingerprint density at radius 2 is 1.86 bits per heavy atom. The summed E-state index contributed by atoms with van der Waals surface area (Å²) in [6.45, 7) is 2.03. The average molecular weight is 285 g/mol. The summed E-state index contributed by atoms with van der Waals surface area (Å²) < 4.78 is 10.4. The molecule has 1 heterocycles. The van der Waals surface area contributed by atoms with Crippen molar-refractivity contribution in [2.75, 3.05) is 14.2 Å². The van der Waals surface area contributed by atoms with Crippen LogP contribution in [0.3, 0.4) is 0 Å². The predicted molar refractivity (Wildman–Crippen MR) is 81.1 cm³/mol. The van der Waals surface area contributed by atoms with Crippen molar-refractivity contribution in [1.82, 2.24) is 4.98 Å². The van der Waals surface area contributed by atoms with Crippen LogP contribution in [0.1, 0.15) is 35.2 Å². The lowest BCUT2D eigenvalue weighted by atomic mass is 9.93. The van der Waals surface area contributed by atoms with Gasteiger partial charge in [0.15, 0.2) is 5.78 Å². The quantitative estimate of drug-likeness (QED) is 0.762. The van der Waals surface area contributed by atoms with E-state index in [1.807, 2.05) is 19.1 Å². The van der Waals surface area contributed by atoms with Gasteiger partial charge in [-0.15, -0.1) is 0 Å². The van der Waals surface area contributed by atoms with Crippen LogP contribution in [0.2, 0.25) is 0 Å². The number of ketones is 1. The van der Waals surface area contributed by atoms with Gasteiger partial charge in [-0.2, -0.15) is 0 Å². The minimum absolute atomic E-state index is 0.0545. The third kappa shape index (κ3) is 3.60. The maximum Gasteiger partial charge on any atom is 0.167 e. The Bertz CT molecular complexity index is 611. The highest BCUT2D eigenvalue weighted by atomic mass is 16.5. The predicted octanol–water partition coefficient (Wildman–Crippen LogP) is 3.48. The Morgan fingerprint density at radius 1 is 1.14 bits per heavy atom. The monoisotopic (exact) mass is 285 g/mol. The van der Waals surface area contributed by atoms with Crippen molar-refractivity contribution in [1.29, 1.82) is 0 Å². The fourth-order valence-electron chi connectivity index (χ4n) is 2.23. The topological polar surface area (TPSA) is 48.4 Å². The van der Waals surface area contributed by atoms with Gasteiger partial charge in [-0.1, -0.05) is 6.92 Å². The molecule has 0 bridgehead atoms. The fraction of sp³-hybridized carbons (Fsp3) is 0.294. The maximum absolute atomic E-state index is 12.5. The zero-order valence-corrected chi connectivity index (χ0v) is 12.5. The average Bonchev–Trinajstić information content (AvgIpc) is 2.54. The number of carbonyl (C=O) groups is 1. The number of aromatic nitrogens is 1. The van der Waals surface area contributed by atoms with E-state index in [0.717, 1.165) is 5.56 Å². The Kier molecular flexibility index (Phi) is 4.93. The first kappa shape index (κ1) is 15.0. The highest BCUT2D eigenvalue weighted by Gasteiger charge is 2.17. The third-order valence-corrected chi connectivity index (χ3v) is 3.48. The molecule has 0 radical (unpaired) electrons. The SMILES string of the molecule is COc1ccc(C(=O)CC(C)c2ccncc2)c(OC)c1. The Hall–Kier alpha value is -2.36. The first-order valence-corrected chi connectivity index (χ1v) is 6.81. The van der Waals surface area contributed by atoms with Crippen LogP contribution in [0.25, 0.3) is 0 Å². The molecule has 0 aliphatic carbocycles. The Morgan fingerprint density at radius 3 is 2.48 bits per heavy atom. The second-order valence-electron chi connectivity index (χ2n) is 4.88. The van der Waals surface area contributed by atoms with Crippen molar-refractivity contribution in [3.63, 3.8) is 0 Å². The van der Waals surface area contributed by atoms with Gasteiger partial charge in [-0.05, 0) is 35.7 Å². The van der Waals surface area contributed by atoms with Crippen LogP contribution in [-0.4, -0.2) is 25.0 Å². The van der Waals surface area contributed by atoms with Gasteiger partial charge in [0.25, 0.3) is 0 Å². The number of rotatable bonds is 6. The highest BCUT2D eigenvalue weighted by molar-refractivity contribution is 5.99. The molecule has 0 amide bonds. The van der Waals surface area contributed by atoms with E-state index in [1.165, 1.54) is 0 Å². The van der Waals surface area contributed by atoms with E-state index in [2.05, 4.69) is 4.98 Å². The summed E-state index contributed by atoms with van der Waals surface area (Å²) in [5, 5.41) is 0. The van der Waals surface area contributed by atoms with Gasteiger partial charge in [0.05, 0.1) is 19.8 Å². The lowest BCUT2D eigenvalue weighted by molar-refractivity contribution is 0.0972. The van der Waals surface area contributed by atoms with E-state index in [1.54, 1.807) is 44.8 Å². The number of carbonyl (C=O) groups excluding carboxylic acids is 1. The molecule has 0 fully saturated rings. The number of nitrogens with zero attached hydrogens (tertiary/aromatic N) is 1. The number of benzene rings is 1. The summed E-state index contributed by atoms with van der Waals surface area (Å²) in [6, 6.07) is 9.11. The van der Waals surface area contributed by atoms with Gasteiger partial charge < -0.3 is 9.47 Å². The molecule has 110 valence electrons. The van der Waals surface area contributed by atoms with E-state index >= 15 is 0 Å². The summed E-state index contributed by atoms with van der Waals surface area (Å²) in [5.74, 6) is 1.40. The number of hydrogen-bond donors (Lipinski definition) is 0. The molecule has 2 aromatic rings. The molecule has 0 aliphatic rings. The van der Waals surface area contributed by atoms with Gasteiger partial charge in [0, 0.05) is 24.9 Å². The number of pyridine rings is 1. The van der Waals surface area contributed by atoms with E-state index in [9.17, 15) is 4.79 Å². The molecular weight excluding hydrogens is 266 g/mol. The molecule has 1 atom stereocenters. The first-order valence-electron chi connectivity index (χ1n) is 6.81. The summed E-state index contributed by atoms with van der Waals surface area (Å²) in [5.41, 5.74) is 1.69. The van der Waals surface area contributed by atoms with E-state index in [4.69, 9.17) is 9.47 Å². The van der Waals surface area contributed by atoms with E-state index < -0.39 is 0 Å². The molecule has 4 heteroatoms. The highest BCUT2D eigenvalue weighted by Crippen LogP contribution is 2.28. The van der Waals surface area contributed by atoms with Crippen molar-refractivity contribution < 1.29 is 14.3 Å². The Balaban J connectivity index is 2.17. The number of hydrogen-bond acceptors (Lipinski definition) is 4. The van der Waals surface area contributed by atoms with Crippen LogP contribution in [-0.2, 0) is 0 Å². The molecule has 1 aromatic carbocycles. The Labute approximate surface area is 124 Å². The van der Waals surface area contributed by atoms with Crippen LogP contribution in [0.15, 0.2) is 42.7 Å². The smallest absolute Gasteiger partial charge is 0.167 e. The van der Waals surface area contributed by atoms with Gasteiger partial charge in [-0.3, -0.25) is 9.78 Å². The minimum atomic E-state index is 0.0545. The van der Waals surface area contributed by atoms with Crippen molar-refractivity contribution in [3.05, 3.63) is 53.9 Å². The van der Waals surface area contributed by atoms with Crippen LogP contribution in [0.4, 0.5) is 0 Å². The first-order chi connectivity index (χ1) is 10.2. The molecule has 21 heavy (non-hydrogen) atoms. The maximum atomic E-state index is 12.5. The van der Waals surface area contributed by atoms with E-state index in [0.29, 0.717) is 23.5 Å². The molecule has 0 saturated heterocycles. The van der Waals surface area contributed by atoms with Gasteiger partial charge in [0.1, 0.15) is 11.5 Å². The molecule has 4 nitrogen and oxygen atoms in total. The van der Waals surface area contributed by atoms with Crippen molar-refractivity contribution >= 4 is 5.78 Å². The van der Waals surface area contributed by atoms with Crippen LogP contribution < -0.4 is 9.47 Å². The molecule has 0 aliphatic heterocycles. The molecule has 0 N–H and O–H groups in total. The van der Waals surface area contributed by atoms with Gasteiger partial charge in [0.2, 0.25) is 0 Å². The van der Waals surface area contributed by atoms with Crippen molar-refractivity contribution in [2.45, 2.75) is 19.3 Å². The number of methoxy groups -OCH3 is 2. The summed E-state index contributed by atoms with van der Waals surface area (Å²) in [6.07, 6.45) is 3.90. The largest absolute Gasteiger partial charge is 0.497 e. The standard InChI is InChI=1S/C17H19NO3/c1-12(13-6-8-18-9-7-13)10-16(19)15-5-4-14(20-2)11-17(15)21-3/h4-9,11-12H,10H2,1-3H3. The second kappa shape index (κ2) is 6.88. The molecular formula is C17H19NO3.